The van der Waals surface area contributed by atoms with E-state index in [2.05, 4.69) is 10.0 Å². The summed E-state index contributed by atoms with van der Waals surface area (Å²) in [6, 6.07) is 3.82. The largest absolute Gasteiger partial charge is 0.312 e. The van der Waals surface area contributed by atoms with E-state index in [1.54, 1.807) is 6.07 Å². The highest BCUT2D eigenvalue weighted by Crippen LogP contribution is 2.45. The molecule has 20 heavy (non-hydrogen) atoms. The molecular formula is C14H22N2O2S2. The van der Waals surface area contributed by atoms with E-state index in [1.807, 2.05) is 13.0 Å². The van der Waals surface area contributed by atoms with Crippen molar-refractivity contribution in [3.8, 4) is 0 Å². The van der Waals surface area contributed by atoms with Crippen LogP contribution in [0.1, 0.15) is 37.5 Å². The van der Waals surface area contributed by atoms with Crippen molar-refractivity contribution in [3.05, 3.63) is 17.0 Å². The Morgan fingerprint density at radius 3 is 2.45 bits per heavy atom. The molecule has 0 radical (unpaired) electrons. The van der Waals surface area contributed by atoms with Gasteiger partial charge in [0.2, 0.25) is 10.0 Å². The minimum atomic E-state index is -3.33. The van der Waals surface area contributed by atoms with Crippen LogP contribution in [0, 0.1) is 11.8 Å². The summed E-state index contributed by atoms with van der Waals surface area (Å²) in [5, 5.41) is 3.22. The number of thiophene rings is 1. The van der Waals surface area contributed by atoms with Crippen molar-refractivity contribution in [2.75, 3.05) is 6.54 Å². The summed E-state index contributed by atoms with van der Waals surface area (Å²) in [6.45, 7) is 3.68. The van der Waals surface area contributed by atoms with Gasteiger partial charge in [-0.05, 0) is 56.2 Å². The summed E-state index contributed by atoms with van der Waals surface area (Å²) in [5.41, 5.74) is 0. The standard InChI is InChI=1S/C14H22N2O2S2/c1-2-15-9-12-7-8-13(19-12)20(17,18)16-14(10-3-4-10)11-5-6-11/h7-8,10-11,14-16H,2-6,9H2,1H3. The molecule has 4 nitrogen and oxygen atoms in total. The van der Waals surface area contributed by atoms with Crippen LogP contribution in [0.25, 0.3) is 0 Å². The monoisotopic (exact) mass is 314 g/mol. The van der Waals surface area contributed by atoms with Gasteiger partial charge in [0.15, 0.2) is 0 Å². The van der Waals surface area contributed by atoms with Crippen LogP contribution >= 0.6 is 11.3 Å². The van der Waals surface area contributed by atoms with E-state index in [0.717, 1.165) is 18.0 Å². The van der Waals surface area contributed by atoms with Crippen molar-refractivity contribution >= 4 is 21.4 Å². The van der Waals surface area contributed by atoms with Crippen LogP contribution in [-0.4, -0.2) is 21.0 Å². The van der Waals surface area contributed by atoms with Crippen molar-refractivity contribution in [1.82, 2.24) is 10.0 Å². The second-order valence-electron chi connectivity index (χ2n) is 5.82. The molecule has 2 N–H and O–H groups in total. The average molecular weight is 314 g/mol. The Morgan fingerprint density at radius 1 is 1.25 bits per heavy atom. The lowest BCUT2D eigenvalue weighted by Gasteiger charge is -2.16. The summed E-state index contributed by atoms with van der Waals surface area (Å²) >= 11 is 1.37. The van der Waals surface area contributed by atoms with Gasteiger partial charge in [0.1, 0.15) is 4.21 Å². The van der Waals surface area contributed by atoms with Crippen molar-refractivity contribution < 1.29 is 8.42 Å². The van der Waals surface area contributed by atoms with Gasteiger partial charge in [-0.1, -0.05) is 6.92 Å². The first-order chi connectivity index (χ1) is 9.60. The summed E-state index contributed by atoms with van der Waals surface area (Å²) in [7, 11) is -3.33. The minimum Gasteiger partial charge on any atom is -0.312 e. The SMILES string of the molecule is CCNCc1ccc(S(=O)(=O)NC(C2CC2)C2CC2)s1. The molecule has 112 valence electrons. The molecule has 6 heteroatoms. The fourth-order valence-corrected chi connectivity index (χ4v) is 5.29. The first kappa shape index (κ1) is 14.5. The number of nitrogens with one attached hydrogen (secondary N) is 2. The van der Waals surface area contributed by atoms with E-state index >= 15 is 0 Å². The van der Waals surface area contributed by atoms with Gasteiger partial charge in [-0.25, -0.2) is 13.1 Å². The molecule has 1 aromatic rings. The summed E-state index contributed by atoms with van der Waals surface area (Å²) in [4.78, 5) is 1.07. The third-order valence-corrected chi connectivity index (χ3v) is 7.04. The molecule has 0 bridgehead atoms. The van der Waals surface area contributed by atoms with Crippen molar-refractivity contribution in [3.63, 3.8) is 0 Å². The van der Waals surface area contributed by atoms with Gasteiger partial charge in [0.05, 0.1) is 0 Å². The molecule has 2 fully saturated rings. The van der Waals surface area contributed by atoms with Crippen LogP contribution in [0.15, 0.2) is 16.3 Å². The van der Waals surface area contributed by atoms with Gasteiger partial charge in [-0.3, -0.25) is 0 Å². The zero-order valence-corrected chi connectivity index (χ0v) is 13.4. The Bertz CT molecular complexity index is 547. The Hall–Kier alpha value is -0.430. The highest BCUT2D eigenvalue weighted by molar-refractivity contribution is 7.91. The minimum absolute atomic E-state index is 0.180. The lowest BCUT2D eigenvalue weighted by Crippen LogP contribution is -2.37. The number of sulfonamides is 1. The second-order valence-corrected chi connectivity index (χ2v) is 8.93. The Kier molecular flexibility index (Phi) is 4.17. The zero-order chi connectivity index (χ0) is 14.2. The number of hydrogen-bond donors (Lipinski definition) is 2. The van der Waals surface area contributed by atoms with Crippen LogP contribution in [0.5, 0.6) is 0 Å². The van der Waals surface area contributed by atoms with Gasteiger partial charge in [0.25, 0.3) is 0 Å². The topological polar surface area (TPSA) is 58.2 Å². The van der Waals surface area contributed by atoms with Crippen molar-refractivity contribution in [2.45, 2.75) is 49.4 Å². The highest BCUT2D eigenvalue weighted by atomic mass is 32.2. The molecule has 0 saturated heterocycles. The molecule has 1 aromatic heterocycles. The van der Waals surface area contributed by atoms with Crippen LogP contribution in [0.4, 0.5) is 0 Å². The van der Waals surface area contributed by atoms with Gasteiger partial charge in [-0.15, -0.1) is 11.3 Å². The van der Waals surface area contributed by atoms with E-state index in [4.69, 9.17) is 0 Å². The van der Waals surface area contributed by atoms with Crippen LogP contribution in [0.2, 0.25) is 0 Å². The van der Waals surface area contributed by atoms with Crippen molar-refractivity contribution in [1.29, 1.82) is 0 Å². The maximum Gasteiger partial charge on any atom is 0.250 e. The van der Waals surface area contributed by atoms with Crippen LogP contribution in [0.3, 0.4) is 0 Å². The third kappa shape index (κ3) is 3.42. The molecule has 0 aliphatic heterocycles. The molecule has 2 aliphatic rings. The highest BCUT2D eigenvalue weighted by Gasteiger charge is 2.43. The summed E-state index contributed by atoms with van der Waals surface area (Å²) in [5.74, 6) is 1.16. The summed E-state index contributed by atoms with van der Waals surface area (Å²) in [6.07, 6.45) is 4.72. The van der Waals surface area contributed by atoms with E-state index < -0.39 is 10.0 Å². The zero-order valence-electron chi connectivity index (χ0n) is 11.8. The lowest BCUT2D eigenvalue weighted by atomic mass is 10.1. The molecule has 1 heterocycles. The van der Waals surface area contributed by atoms with Crippen LogP contribution < -0.4 is 10.0 Å². The van der Waals surface area contributed by atoms with E-state index in [1.165, 1.54) is 37.0 Å². The smallest absolute Gasteiger partial charge is 0.250 e. The van der Waals surface area contributed by atoms with Gasteiger partial charge >= 0.3 is 0 Å². The molecule has 0 unspecified atom stereocenters. The normalized spacial score (nSPS) is 19.7. The molecule has 0 spiro atoms. The predicted octanol–water partition coefficient (Wildman–Crippen LogP) is 2.32. The molecular weight excluding hydrogens is 292 g/mol. The Morgan fingerprint density at radius 2 is 1.90 bits per heavy atom. The quantitative estimate of drug-likeness (QED) is 0.774. The first-order valence-electron chi connectivity index (χ1n) is 7.42. The molecule has 2 saturated carbocycles. The molecule has 2 aliphatic carbocycles. The average Bonchev–Trinajstić information content (AvgIpc) is 3.32. The van der Waals surface area contributed by atoms with Crippen LogP contribution in [-0.2, 0) is 16.6 Å². The first-order valence-corrected chi connectivity index (χ1v) is 9.72. The van der Waals surface area contributed by atoms with Gasteiger partial charge < -0.3 is 5.32 Å². The Labute approximate surface area is 125 Å². The maximum absolute atomic E-state index is 12.5. The van der Waals surface area contributed by atoms with Gasteiger partial charge in [0, 0.05) is 17.5 Å². The fraction of sp³-hybridized carbons (Fsp3) is 0.714. The van der Waals surface area contributed by atoms with E-state index in [9.17, 15) is 8.42 Å². The molecule has 0 amide bonds. The Balaban J connectivity index is 1.68. The number of rotatable bonds is 8. The summed E-state index contributed by atoms with van der Waals surface area (Å²) < 4.78 is 28.4. The maximum atomic E-state index is 12.5. The fourth-order valence-electron chi connectivity index (χ4n) is 2.57. The second kappa shape index (κ2) is 5.75. The molecule has 0 aromatic carbocycles. The molecule has 0 atom stereocenters. The van der Waals surface area contributed by atoms with E-state index in [0.29, 0.717) is 16.0 Å². The van der Waals surface area contributed by atoms with E-state index in [-0.39, 0.29) is 6.04 Å². The lowest BCUT2D eigenvalue weighted by molar-refractivity contribution is 0.472. The third-order valence-electron chi connectivity index (χ3n) is 4.00. The predicted molar refractivity (Wildman–Crippen MR) is 81.3 cm³/mol. The molecule has 3 rings (SSSR count). The van der Waals surface area contributed by atoms with Gasteiger partial charge in [-0.2, -0.15) is 0 Å². The van der Waals surface area contributed by atoms with Crippen molar-refractivity contribution in [2.24, 2.45) is 11.8 Å². The number of hydrogen-bond acceptors (Lipinski definition) is 4.